The molecule has 0 saturated heterocycles. The van der Waals surface area contributed by atoms with E-state index < -0.39 is 11.6 Å². The Balaban J connectivity index is 5.52. The van der Waals surface area contributed by atoms with Crippen LogP contribution in [0, 0.1) is 17.8 Å². The Morgan fingerprint density at radius 3 is 1.90 bits per heavy atom. The van der Waals surface area contributed by atoms with Crippen LogP contribution in [-0.4, -0.2) is 48.5 Å². The topological polar surface area (TPSA) is 135 Å². The predicted molar refractivity (Wildman–Crippen MR) is 130 cm³/mol. The smallest absolute Gasteiger partial charge is 0.242 e. The van der Waals surface area contributed by atoms with Crippen LogP contribution in [0.3, 0.4) is 0 Å². The lowest BCUT2D eigenvalue weighted by atomic mass is 9.90. The summed E-state index contributed by atoms with van der Waals surface area (Å²) >= 11 is 0. The molecule has 0 saturated carbocycles. The molecule has 182 valence electrons. The molecule has 0 aliphatic carbocycles. The molecule has 0 aliphatic rings. The van der Waals surface area contributed by atoms with Gasteiger partial charge in [-0.15, -0.1) is 0 Å². The molecule has 1 unspecified atom stereocenters. The van der Waals surface area contributed by atoms with Crippen LogP contribution >= 0.6 is 0 Å². The highest BCUT2D eigenvalue weighted by molar-refractivity contribution is 5.92. The molecule has 0 aromatic heterocycles. The molecular weight excluding hydrogens is 392 g/mol. The number of aliphatic imine (C=N–C) groups is 1. The summed E-state index contributed by atoms with van der Waals surface area (Å²) in [5, 5.41) is 9.62. The highest BCUT2D eigenvalue weighted by Gasteiger charge is 2.37. The van der Waals surface area contributed by atoms with Crippen molar-refractivity contribution in [1.29, 1.82) is 0 Å². The largest absolute Gasteiger partial charge is 0.370 e. The van der Waals surface area contributed by atoms with Crippen molar-refractivity contribution in [3.63, 3.8) is 0 Å². The Morgan fingerprint density at radius 2 is 1.48 bits per heavy atom. The molecule has 0 spiro atoms. The van der Waals surface area contributed by atoms with E-state index in [-0.39, 0.29) is 23.8 Å². The summed E-state index contributed by atoms with van der Waals surface area (Å²) < 4.78 is 0. The lowest BCUT2D eigenvalue weighted by Crippen LogP contribution is -2.61. The average Bonchev–Trinajstić information content (AvgIpc) is 2.68. The third-order valence-electron chi connectivity index (χ3n) is 5.80. The SMILES string of the molecule is CCC(CC)(NCC(C)C)C(=O)NC(CCCN=C(N)N)C(=O)NC(C(C)C)C(C)C. The Hall–Kier alpha value is -1.83. The minimum absolute atomic E-state index is 0.0265. The minimum atomic E-state index is -0.696. The van der Waals surface area contributed by atoms with Gasteiger partial charge in [-0.2, -0.15) is 0 Å². The molecular formula is C23H48N6O2. The molecule has 0 aliphatic heterocycles. The van der Waals surface area contributed by atoms with Gasteiger partial charge < -0.3 is 27.4 Å². The first-order valence-electron chi connectivity index (χ1n) is 11.8. The molecule has 0 aromatic rings. The molecule has 7 N–H and O–H groups in total. The van der Waals surface area contributed by atoms with E-state index >= 15 is 0 Å². The van der Waals surface area contributed by atoms with Crippen molar-refractivity contribution in [2.24, 2.45) is 34.2 Å². The van der Waals surface area contributed by atoms with E-state index in [2.05, 4.69) is 62.5 Å². The van der Waals surface area contributed by atoms with Gasteiger partial charge in [-0.05, 0) is 50.0 Å². The first-order valence-corrected chi connectivity index (χ1v) is 11.8. The van der Waals surface area contributed by atoms with Crippen LogP contribution in [0.5, 0.6) is 0 Å². The zero-order valence-electron chi connectivity index (χ0n) is 21.0. The van der Waals surface area contributed by atoms with Crippen molar-refractivity contribution < 1.29 is 9.59 Å². The standard InChI is InChI=1S/C23H48N6O2/c1-9-23(10-2,27-14-15(3)4)21(31)28-18(12-11-13-26-22(24)25)20(30)29-19(16(5)6)17(7)8/h15-19,27H,9-14H2,1-8H3,(H,28,31)(H,29,30)(H4,24,25,26). The molecule has 1 atom stereocenters. The maximum absolute atomic E-state index is 13.3. The number of carbonyl (C=O) groups excluding carboxylic acids is 2. The van der Waals surface area contributed by atoms with Gasteiger partial charge in [0.05, 0.1) is 5.54 Å². The highest BCUT2D eigenvalue weighted by Crippen LogP contribution is 2.18. The van der Waals surface area contributed by atoms with Crippen LogP contribution in [0.1, 0.15) is 81.1 Å². The summed E-state index contributed by atoms with van der Waals surface area (Å²) in [7, 11) is 0. The van der Waals surface area contributed by atoms with Gasteiger partial charge in [0.2, 0.25) is 11.8 Å². The van der Waals surface area contributed by atoms with Crippen LogP contribution in [0.15, 0.2) is 4.99 Å². The molecule has 0 fully saturated rings. The van der Waals surface area contributed by atoms with Crippen LogP contribution in [0.2, 0.25) is 0 Å². The maximum atomic E-state index is 13.3. The zero-order valence-corrected chi connectivity index (χ0v) is 21.0. The summed E-state index contributed by atoms with van der Waals surface area (Å²) in [5.74, 6) is 0.738. The summed E-state index contributed by atoms with van der Waals surface area (Å²) in [6.45, 7) is 17.7. The van der Waals surface area contributed by atoms with Gasteiger partial charge in [-0.3, -0.25) is 14.6 Å². The first-order chi connectivity index (χ1) is 14.4. The highest BCUT2D eigenvalue weighted by atomic mass is 16.2. The molecule has 0 radical (unpaired) electrons. The molecule has 0 heterocycles. The number of amides is 2. The molecule has 0 bridgehead atoms. The number of guanidine groups is 1. The average molecular weight is 441 g/mol. The number of rotatable bonds is 15. The monoisotopic (exact) mass is 440 g/mol. The van der Waals surface area contributed by atoms with Crippen molar-refractivity contribution in [3.05, 3.63) is 0 Å². The summed E-state index contributed by atoms with van der Waals surface area (Å²) in [4.78, 5) is 30.5. The van der Waals surface area contributed by atoms with Crippen molar-refractivity contribution in [2.75, 3.05) is 13.1 Å². The zero-order chi connectivity index (χ0) is 24.2. The fourth-order valence-corrected chi connectivity index (χ4v) is 3.74. The maximum Gasteiger partial charge on any atom is 0.242 e. The van der Waals surface area contributed by atoms with Crippen molar-refractivity contribution in [3.8, 4) is 0 Å². The van der Waals surface area contributed by atoms with Crippen LogP contribution in [0.4, 0.5) is 0 Å². The Labute approximate surface area is 189 Å². The van der Waals surface area contributed by atoms with Gasteiger partial charge in [0.25, 0.3) is 0 Å². The Kier molecular flexibility index (Phi) is 13.4. The second-order valence-corrected chi connectivity index (χ2v) is 9.56. The van der Waals surface area contributed by atoms with Crippen molar-refractivity contribution >= 4 is 17.8 Å². The number of nitrogens with zero attached hydrogens (tertiary/aromatic N) is 1. The molecule has 31 heavy (non-hydrogen) atoms. The van der Waals surface area contributed by atoms with Gasteiger partial charge in [0, 0.05) is 12.6 Å². The van der Waals surface area contributed by atoms with Gasteiger partial charge in [-0.25, -0.2) is 0 Å². The van der Waals surface area contributed by atoms with Gasteiger partial charge in [0.15, 0.2) is 5.96 Å². The summed E-state index contributed by atoms with van der Waals surface area (Å²) in [6.07, 6.45) is 2.34. The van der Waals surface area contributed by atoms with E-state index in [4.69, 9.17) is 11.5 Å². The van der Waals surface area contributed by atoms with Gasteiger partial charge >= 0.3 is 0 Å². The van der Waals surface area contributed by atoms with Crippen molar-refractivity contribution in [1.82, 2.24) is 16.0 Å². The van der Waals surface area contributed by atoms with Gasteiger partial charge in [-0.1, -0.05) is 55.4 Å². The summed E-state index contributed by atoms with van der Waals surface area (Å²) in [5.41, 5.74) is 10.1. The van der Waals surface area contributed by atoms with Crippen molar-refractivity contribution in [2.45, 2.75) is 98.7 Å². The van der Waals surface area contributed by atoms with E-state index in [0.717, 1.165) is 6.54 Å². The first kappa shape index (κ1) is 29.2. The number of hydrogen-bond donors (Lipinski definition) is 5. The van der Waals surface area contributed by atoms with Crippen LogP contribution in [0.25, 0.3) is 0 Å². The quantitative estimate of drug-likeness (QED) is 0.151. The van der Waals surface area contributed by atoms with Gasteiger partial charge in [0.1, 0.15) is 6.04 Å². The third kappa shape index (κ3) is 10.4. The lowest BCUT2D eigenvalue weighted by molar-refractivity contribution is -0.134. The Morgan fingerprint density at radius 1 is 0.935 bits per heavy atom. The van der Waals surface area contributed by atoms with E-state index in [9.17, 15) is 9.59 Å². The molecule has 8 heteroatoms. The summed E-state index contributed by atoms with van der Waals surface area (Å²) in [6, 6.07) is -0.606. The molecule has 8 nitrogen and oxygen atoms in total. The van der Waals surface area contributed by atoms with E-state index in [1.165, 1.54) is 0 Å². The third-order valence-corrected chi connectivity index (χ3v) is 5.80. The fraction of sp³-hybridized carbons (Fsp3) is 0.870. The number of carbonyl (C=O) groups is 2. The molecule has 0 aromatic carbocycles. The normalized spacial score (nSPS) is 13.0. The second kappa shape index (κ2) is 14.3. The minimum Gasteiger partial charge on any atom is -0.370 e. The number of hydrogen-bond acceptors (Lipinski definition) is 4. The van der Waals surface area contributed by atoms with E-state index in [0.29, 0.717) is 50.0 Å². The Bertz CT molecular complexity index is 558. The van der Waals surface area contributed by atoms with Crippen LogP contribution < -0.4 is 27.4 Å². The molecule has 2 amide bonds. The molecule has 0 rings (SSSR count). The van der Waals surface area contributed by atoms with Crippen LogP contribution in [-0.2, 0) is 9.59 Å². The lowest BCUT2D eigenvalue weighted by Gasteiger charge is -2.35. The van der Waals surface area contributed by atoms with E-state index in [1.54, 1.807) is 0 Å². The predicted octanol–water partition coefficient (Wildman–Crippen LogP) is 2.13. The number of nitrogens with two attached hydrogens (primary N) is 2. The second-order valence-electron chi connectivity index (χ2n) is 9.56. The fourth-order valence-electron chi connectivity index (χ4n) is 3.74. The van der Waals surface area contributed by atoms with E-state index in [1.807, 2.05) is 13.8 Å². The number of nitrogens with one attached hydrogen (secondary N) is 3.